The first-order chi connectivity index (χ1) is 14.3. The summed E-state index contributed by atoms with van der Waals surface area (Å²) in [7, 11) is 0. The number of aromatic carboxylic acids is 4. The highest BCUT2D eigenvalue weighted by atomic mass is 16.6. The van der Waals surface area contributed by atoms with E-state index in [0.29, 0.717) is 0 Å². The van der Waals surface area contributed by atoms with Gasteiger partial charge in [-0.2, -0.15) is 0 Å². The second kappa shape index (κ2) is 12.6. The van der Waals surface area contributed by atoms with E-state index in [1.54, 1.807) is 0 Å². The second-order valence-electron chi connectivity index (χ2n) is 5.54. The molecule has 1 fully saturated rings. The molecule has 1 aliphatic rings. The van der Waals surface area contributed by atoms with Gasteiger partial charge in [0.25, 0.3) is 0 Å². The Morgan fingerprint density at radius 3 is 0.833 bits per heavy atom. The standard InChI is InChI=1S/2C8H6O4.C4H8O2/c2*9-7(10)5-3-1-2-4-6(5)8(11)12;1-2-6-4-3-5-1/h2*1-4H,(H,9,10)(H,11,12);1-4H2. The van der Waals surface area contributed by atoms with E-state index in [4.69, 9.17) is 29.9 Å². The Morgan fingerprint density at radius 1 is 0.500 bits per heavy atom. The normalized spacial score (nSPS) is 12.3. The fraction of sp³-hybridized carbons (Fsp3) is 0.200. The molecule has 0 spiro atoms. The summed E-state index contributed by atoms with van der Waals surface area (Å²) >= 11 is 0. The first kappa shape index (κ1) is 24.3. The minimum Gasteiger partial charge on any atom is -0.478 e. The maximum atomic E-state index is 10.5. The van der Waals surface area contributed by atoms with Crippen LogP contribution in [0.2, 0.25) is 0 Å². The molecule has 2 aromatic rings. The Labute approximate surface area is 170 Å². The highest BCUT2D eigenvalue weighted by Crippen LogP contribution is 2.08. The average Bonchev–Trinajstić information content (AvgIpc) is 2.75. The van der Waals surface area contributed by atoms with E-state index in [0.717, 1.165) is 26.4 Å². The van der Waals surface area contributed by atoms with Crippen LogP contribution in [0.1, 0.15) is 41.4 Å². The van der Waals surface area contributed by atoms with Crippen LogP contribution in [0, 0.1) is 0 Å². The Kier molecular flexibility index (Phi) is 10.2. The molecule has 0 radical (unpaired) electrons. The van der Waals surface area contributed by atoms with E-state index < -0.39 is 23.9 Å². The van der Waals surface area contributed by atoms with Crippen LogP contribution >= 0.6 is 0 Å². The number of hydrogen-bond acceptors (Lipinski definition) is 6. The fourth-order valence-electron chi connectivity index (χ4n) is 2.15. The van der Waals surface area contributed by atoms with Crippen LogP contribution in [0.15, 0.2) is 48.5 Å². The SMILES string of the molecule is C1COCCO1.O=C(O)c1ccccc1C(=O)O.O=C(O)c1ccccc1C(=O)O. The van der Waals surface area contributed by atoms with Crippen LogP contribution in [0.5, 0.6) is 0 Å². The van der Waals surface area contributed by atoms with Gasteiger partial charge >= 0.3 is 23.9 Å². The molecular weight excluding hydrogens is 400 g/mol. The lowest BCUT2D eigenvalue weighted by Crippen LogP contribution is -2.16. The van der Waals surface area contributed by atoms with Crippen molar-refractivity contribution in [2.45, 2.75) is 0 Å². The highest BCUT2D eigenvalue weighted by molar-refractivity contribution is 6.02. The van der Waals surface area contributed by atoms with Crippen molar-refractivity contribution in [3.05, 3.63) is 70.8 Å². The maximum absolute atomic E-state index is 10.5. The second-order valence-corrected chi connectivity index (χ2v) is 5.54. The third kappa shape index (κ3) is 8.09. The lowest BCUT2D eigenvalue weighted by atomic mass is 10.1. The van der Waals surface area contributed by atoms with Gasteiger partial charge in [-0.15, -0.1) is 0 Å². The molecule has 10 heteroatoms. The first-order valence-electron chi connectivity index (χ1n) is 8.52. The lowest BCUT2D eigenvalue weighted by molar-refractivity contribution is -0.0334. The van der Waals surface area contributed by atoms with Gasteiger partial charge in [0.05, 0.1) is 48.7 Å². The summed E-state index contributed by atoms with van der Waals surface area (Å²) in [5.41, 5.74) is -0.759. The minimum absolute atomic E-state index is 0.190. The third-order valence-corrected chi connectivity index (χ3v) is 3.52. The summed E-state index contributed by atoms with van der Waals surface area (Å²) in [5, 5.41) is 34.2. The molecular formula is C20H20O10. The average molecular weight is 420 g/mol. The van der Waals surface area contributed by atoms with Crippen molar-refractivity contribution in [3.8, 4) is 0 Å². The zero-order valence-corrected chi connectivity index (χ0v) is 15.7. The van der Waals surface area contributed by atoms with E-state index >= 15 is 0 Å². The van der Waals surface area contributed by atoms with Gasteiger partial charge < -0.3 is 29.9 Å². The number of hydrogen-bond donors (Lipinski definition) is 4. The quantitative estimate of drug-likeness (QED) is 0.575. The molecule has 1 heterocycles. The monoisotopic (exact) mass is 420 g/mol. The largest absolute Gasteiger partial charge is 0.478 e. The van der Waals surface area contributed by atoms with Gasteiger partial charge in [-0.3, -0.25) is 0 Å². The first-order valence-corrected chi connectivity index (χ1v) is 8.52. The maximum Gasteiger partial charge on any atom is 0.336 e. The van der Waals surface area contributed by atoms with Crippen LogP contribution in [0.25, 0.3) is 0 Å². The van der Waals surface area contributed by atoms with Gasteiger partial charge in [0.15, 0.2) is 0 Å². The molecule has 0 bridgehead atoms. The molecule has 0 unspecified atom stereocenters. The summed E-state index contributed by atoms with van der Waals surface area (Å²) in [6, 6.07) is 11.0. The van der Waals surface area contributed by atoms with Crippen molar-refractivity contribution in [2.75, 3.05) is 26.4 Å². The fourth-order valence-corrected chi connectivity index (χ4v) is 2.15. The molecule has 1 saturated heterocycles. The van der Waals surface area contributed by atoms with Crippen molar-refractivity contribution in [3.63, 3.8) is 0 Å². The van der Waals surface area contributed by atoms with Crippen molar-refractivity contribution in [2.24, 2.45) is 0 Å². The van der Waals surface area contributed by atoms with Gasteiger partial charge in [-0.05, 0) is 24.3 Å². The predicted octanol–water partition coefficient (Wildman–Crippen LogP) is 2.20. The van der Waals surface area contributed by atoms with E-state index in [-0.39, 0.29) is 22.3 Å². The van der Waals surface area contributed by atoms with Crippen molar-refractivity contribution >= 4 is 23.9 Å². The minimum atomic E-state index is -1.23. The van der Waals surface area contributed by atoms with E-state index in [2.05, 4.69) is 0 Å². The molecule has 1 aliphatic heterocycles. The van der Waals surface area contributed by atoms with E-state index in [1.165, 1.54) is 48.5 Å². The number of rotatable bonds is 4. The molecule has 4 N–H and O–H groups in total. The summed E-state index contributed by atoms with van der Waals surface area (Å²) in [5.74, 6) is -4.91. The molecule has 0 aromatic heterocycles. The van der Waals surface area contributed by atoms with Gasteiger partial charge in [0.1, 0.15) is 0 Å². The van der Waals surface area contributed by atoms with Crippen LogP contribution in [-0.2, 0) is 9.47 Å². The Bertz CT molecular complexity index is 742. The summed E-state index contributed by atoms with van der Waals surface area (Å²) in [4.78, 5) is 41.9. The number of carboxylic acids is 4. The lowest BCUT2D eigenvalue weighted by Gasteiger charge is -2.09. The van der Waals surface area contributed by atoms with Gasteiger partial charge in [-0.25, -0.2) is 19.2 Å². The Morgan fingerprint density at radius 2 is 0.700 bits per heavy atom. The Balaban J connectivity index is 0.000000237. The summed E-state index contributed by atoms with van der Waals surface area (Å²) in [6.07, 6.45) is 0. The molecule has 0 atom stereocenters. The van der Waals surface area contributed by atoms with E-state index in [1.807, 2.05) is 0 Å². The number of benzene rings is 2. The number of ether oxygens (including phenoxy) is 2. The zero-order chi connectivity index (χ0) is 22.5. The van der Waals surface area contributed by atoms with Crippen molar-refractivity contribution in [1.82, 2.24) is 0 Å². The van der Waals surface area contributed by atoms with E-state index in [9.17, 15) is 19.2 Å². The van der Waals surface area contributed by atoms with Gasteiger partial charge in [-0.1, -0.05) is 24.3 Å². The molecule has 3 rings (SSSR count). The molecule has 0 saturated carbocycles. The topological polar surface area (TPSA) is 168 Å². The smallest absolute Gasteiger partial charge is 0.336 e. The predicted molar refractivity (Wildman–Crippen MR) is 102 cm³/mol. The van der Waals surface area contributed by atoms with Crippen LogP contribution in [-0.4, -0.2) is 70.7 Å². The molecule has 30 heavy (non-hydrogen) atoms. The molecule has 10 nitrogen and oxygen atoms in total. The molecule has 0 amide bonds. The summed E-state index contributed by atoms with van der Waals surface area (Å²) < 4.78 is 9.89. The van der Waals surface area contributed by atoms with Crippen molar-refractivity contribution < 1.29 is 49.1 Å². The number of carboxylic acid groups (broad SMARTS) is 4. The summed E-state index contributed by atoms with van der Waals surface area (Å²) in [6.45, 7) is 3.11. The third-order valence-electron chi connectivity index (χ3n) is 3.52. The molecule has 0 aliphatic carbocycles. The van der Waals surface area contributed by atoms with Crippen LogP contribution < -0.4 is 0 Å². The van der Waals surface area contributed by atoms with Crippen LogP contribution in [0.3, 0.4) is 0 Å². The molecule has 2 aromatic carbocycles. The van der Waals surface area contributed by atoms with Gasteiger partial charge in [0, 0.05) is 0 Å². The number of carbonyl (C=O) groups is 4. The van der Waals surface area contributed by atoms with Crippen LogP contribution in [0.4, 0.5) is 0 Å². The van der Waals surface area contributed by atoms with Crippen molar-refractivity contribution in [1.29, 1.82) is 0 Å². The van der Waals surface area contributed by atoms with Gasteiger partial charge in [0.2, 0.25) is 0 Å². The molecule has 160 valence electrons. The highest BCUT2D eigenvalue weighted by Gasteiger charge is 2.14. The zero-order valence-electron chi connectivity index (χ0n) is 15.7. The Hall–Kier alpha value is -3.76.